The molecule has 22 heavy (non-hydrogen) atoms. The predicted molar refractivity (Wildman–Crippen MR) is 82.3 cm³/mol. The summed E-state index contributed by atoms with van der Waals surface area (Å²) < 4.78 is 16.7. The van der Waals surface area contributed by atoms with Crippen LogP contribution in [0.2, 0.25) is 0 Å². The van der Waals surface area contributed by atoms with Crippen LogP contribution in [0.3, 0.4) is 0 Å². The van der Waals surface area contributed by atoms with Crippen molar-refractivity contribution in [2.75, 3.05) is 0 Å². The molecule has 0 aromatic carbocycles. The molecule has 0 N–H and O–H groups in total. The van der Waals surface area contributed by atoms with Crippen molar-refractivity contribution in [2.45, 2.75) is 41.5 Å². The molecule has 120 valence electrons. The first-order valence-corrected chi connectivity index (χ1v) is 10.7. The van der Waals surface area contributed by atoms with Crippen LogP contribution < -0.4 is 0 Å². The van der Waals surface area contributed by atoms with Crippen molar-refractivity contribution in [1.29, 1.82) is 0 Å². The van der Waals surface area contributed by atoms with E-state index in [9.17, 15) is 14.4 Å². The van der Waals surface area contributed by atoms with Crippen LogP contribution in [0.1, 0.15) is 41.5 Å². The molecular formula is C15H21InO6. The molecule has 0 amide bonds. The van der Waals surface area contributed by atoms with Gasteiger partial charge in [0.05, 0.1) is 0 Å². The van der Waals surface area contributed by atoms with Crippen molar-refractivity contribution in [3.63, 3.8) is 0 Å². The molecule has 0 atom stereocenters. The van der Waals surface area contributed by atoms with Crippen LogP contribution in [-0.4, -0.2) is 40.1 Å². The second-order valence-corrected chi connectivity index (χ2v) is 8.41. The Morgan fingerprint density at radius 1 is 0.591 bits per heavy atom. The normalized spacial score (nSPS) is 12.5. The van der Waals surface area contributed by atoms with Gasteiger partial charge in [0.25, 0.3) is 0 Å². The Hall–Kier alpha value is -1.50. The fourth-order valence-corrected chi connectivity index (χ4v) is 5.08. The maximum atomic E-state index is 11.0. The third-order valence-corrected chi connectivity index (χ3v) is 6.90. The molecule has 0 saturated carbocycles. The Bertz CT molecular complexity index is 454. The second kappa shape index (κ2) is 10.3. The molecule has 0 unspecified atom stereocenters. The Kier molecular flexibility index (Phi) is 9.56. The fourth-order valence-electron chi connectivity index (χ4n) is 1.49. The Morgan fingerprint density at radius 2 is 0.818 bits per heavy atom. The van der Waals surface area contributed by atoms with Crippen LogP contribution in [0, 0.1) is 0 Å². The van der Waals surface area contributed by atoms with Gasteiger partial charge in [-0.2, -0.15) is 0 Å². The molecular weight excluding hydrogens is 391 g/mol. The van der Waals surface area contributed by atoms with E-state index in [-0.39, 0.29) is 17.3 Å². The van der Waals surface area contributed by atoms with E-state index in [2.05, 4.69) is 0 Å². The van der Waals surface area contributed by atoms with Crippen LogP contribution in [-0.2, 0) is 22.9 Å². The third-order valence-electron chi connectivity index (χ3n) is 2.07. The molecule has 0 radical (unpaired) electrons. The molecule has 6 nitrogen and oxygen atoms in total. The van der Waals surface area contributed by atoms with Gasteiger partial charge in [-0.25, -0.2) is 0 Å². The Labute approximate surface area is 140 Å². The molecule has 0 aliphatic heterocycles. The molecule has 0 aliphatic carbocycles. The topological polar surface area (TPSA) is 78.9 Å². The van der Waals surface area contributed by atoms with E-state index in [0.29, 0.717) is 17.3 Å². The van der Waals surface area contributed by atoms with Gasteiger partial charge < -0.3 is 0 Å². The summed E-state index contributed by atoms with van der Waals surface area (Å²) in [6.07, 6.45) is 3.97. The zero-order chi connectivity index (χ0) is 17.3. The molecule has 0 saturated heterocycles. The molecule has 0 heterocycles. The summed E-state index contributed by atoms with van der Waals surface area (Å²) in [5.41, 5.74) is 0. The van der Waals surface area contributed by atoms with E-state index in [4.69, 9.17) is 8.56 Å². The standard InChI is InChI=1S/3C5H8O2.In/c3*1-4(6)3-5(2)7;/h3*3,6H,1-2H3;/q;;;+3/p-3/b3*4-3+;. The summed E-state index contributed by atoms with van der Waals surface area (Å²) in [4.78, 5) is 33.1. The number of hydrogen-bond acceptors (Lipinski definition) is 6. The van der Waals surface area contributed by atoms with Crippen LogP contribution in [0.25, 0.3) is 0 Å². The van der Waals surface area contributed by atoms with Gasteiger partial charge in [0.15, 0.2) is 0 Å². The summed E-state index contributed by atoms with van der Waals surface area (Å²) >= 11 is -3.53. The molecule has 0 spiro atoms. The van der Waals surface area contributed by atoms with Crippen molar-refractivity contribution >= 4 is 40.1 Å². The average Bonchev–Trinajstić information content (AvgIpc) is 2.23. The van der Waals surface area contributed by atoms with Crippen LogP contribution in [0.4, 0.5) is 0 Å². The summed E-state index contributed by atoms with van der Waals surface area (Å²) in [6, 6.07) is 0. The van der Waals surface area contributed by atoms with E-state index in [1.807, 2.05) is 0 Å². The first kappa shape index (κ1) is 20.5. The Balaban J connectivity index is 5.10. The number of ketones is 3. The Morgan fingerprint density at radius 3 is 1.00 bits per heavy atom. The van der Waals surface area contributed by atoms with Gasteiger partial charge in [0.1, 0.15) is 0 Å². The number of carbonyl (C=O) groups excluding carboxylic acids is 3. The van der Waals surface area contributed by atoms with Crippen molar-refractivity contribution in [1.82, 2.24) is 0 Å². The van der Waals surface area contributed by atoms with Gasteiger partial charge in [0, 0.05) is 0 Å². The molecule has 0 fully saturated rings. The molecule has 0 aromatic rings. The zero-order valence-electron chi connectivity index (χ0n) is 13.8. The minimum atomic E-state index is -3.53. The number of rotatable bonds is 9. The predicted octanol–water partition coefficient (Wildman–Crippen LogP) is 2.50. The van der Waals surface area contributed by atoms with Crippen molar-refractivity contribution in [3.8, 4) is 0 Å². The van der Waals surface area contributed by atoms with Crippen LogP contribution in [0.5, 0.6) is 0 Å². The van der Waals surface area contributed by atoms with Gasteiger partial charge >= 0.3 is 140 Å². The van der Waals surface area contributed by atoms with E-state index >= 15 is 0 Å². The van der Waals surface area contributed by atoms with Crippen molar-refractivity contribution < 1.29 is 22.9 Å². The monoisotopic (exact) mass is 412 g/mol. The summed E-state index contributed by atoms with van der Waals surface area (Å²) in [5, 5.41) is 0. The quantitative estimate of drug-likeness (QED) is 0.428. The first-order chi connectivity index (χ1) is 10.1. The number of allylic oxidation sites excluding steroid dienone is 6. The van der Waals surface area contributed by atoms with Gasteiger partial charge in [-0.3, -0.25) is 0 Å². The van der Waals surface area contributed by atoms with Crippen LogP contribution in [0.15, 0.2) is 35.5 Å². The third kappa shape index (κ3) is 11.2. The van der Waals surface area contributed by atoms with E-state index < -0.39 is 22.7 Å². The van der Waals surface area contributed by atoms with Gasteiger partial charge in [0.2, 0.25) is 0 Å². The second-order valence-electron chi connectivity index (χ2n) is 4.74. The minimum absolute atomic E-state index is 0.158. The van der Waals surface area contributed by atoms with E-state index in [1.54, 1.807) is 20.8 Å². The molecule has 0 aromatic heterocycles. The zero-order valence-corrected chi connectivity index (χ0v) is 17.1. The number of hydrogen-bond donors (Lipinski definition) is 0. The molecule has 0 aliphatic rings. The summed E-state index contributed by atoms with van der Waals surface area (Å²) in [5.74, 6) is 0.650. The summed E-state index contributed by atoms with van der Waals surface area (Å²) in [7, 11) is 0. The van der Waals surface area contributed by atoms with Crippen LogP contribution >= 0.6 is 0 Å². The molecule has 0 rings (SSSR count). The van der Waals surface area contributed by atoms with Gasteiger partial charge in [-0.15, -0.1) is 0 Å². The average molecular weight is 412 g/mol. The van der Waals surface area contributed by atoms with Crippen molar-refractivity contribution in [2.24, 2.45) is 0 Å². The SMILES string of the molecule is CC(=O)/C=C(\C)[O][In]([O]/C(C)=C/C(C)=O)[O]/C(C)=C/C(C)=O. The van der Waals surface area contributed by atoms with Crippen molar-refractivity contribution in [3.05, 3.63) is 35.5 Å². The van der Waals surface area contributed by atoms with Gasteiger partial charge in [-0.05, 0) is 0 Å². The molecule has 7 heteroatoms. The number of carbonyl (C=O) groups is 3. The van der Waals surface area contributed by atoms with E-state index in [1.165, 1.54) is 39.0 Å². The summed E-state index contributed by atoms with van der Waals surface area (Å²) in [6.45, 7) is 9.06. The van der Waals surface area contributed by atoms with E-state index in [0.717, 1.165) is 0 Å². The first-order valence-electron chi connectivity index (χ1n) is 6.66. The maximum absolute atomic E-state index is 11.0. The fraction of sp³-hybridized carbons (Fsp3) is 0.400. The molecule has 0 bridgehead atoms. The van der Waals surface area contributed by atoms with Gasteiger partial charge in [-0.1, -0.05) is 0 Å².